The summed E-state index contributed by atoms with van der Waals surface area (Å²) in [5.41, 5.74) is 11.5. The van der Waals surface area contributed by atoms with Crippen LogP contribution >= 0.6 is 0 Å². The van der Waals surface area contributed by atoms with E-state index in [2.05, 4.69) is 36.4 Å². The SMILES string of the molecule is N=C(N)C1=CC(c2cccc(CCc3ccc(-c4ccccc4S(N)(=O)=O)cc3)c2)CC=C1. The molecule has 0 saturated heterocycles. The molecule has 1 atom stereocenters. The van der Waals surface area contributed by atoms with Crippen LogP contribution in [0.15, 0.2) is 101 Å². The number of nitrogens with two attached hydrogens (primary N) is 2. The van der Waals surface area contributed by atoms with E-state index in [0.29, 0.717) is 5.56 Å². The molecule has 1 aliphatic carbocycles. The Morgan fingerprint density at radius 1 is 0.939 bits per heavy atom. The molecule has 0 fully saturated rings. The Hall–Kier alpha value is -3.48. The standard InChI is InChI=1S/C27H27N3O2S/c28-27(29)24-8-4-7-23(18-24)22-6-3-5-20(17-22)12-11-19-13-15-21(16-14-19)25-9-1-2-10-26(25)33(30,31)32/h1-6,8-10,13-18,23H,7,11-12H2,(H3,28,29)(H2,30,31,32). The van der Waals surface area contributed by atoms with Crippen LogP contribution in [0.25, 0.3) is 11.1 Å². The summed E-state index contributed by atoms with van der Waals surface area (Å²) in [5, 5.41) is 13.1. The van der Waals surface area contributed by atoms with Crippen molar-refractivity contribution in [1.82, 2.24) is 0 Å². The first-order chi connectivity index (χ1) is 15.8. The molecule has 4 rings (SSSR count). The highest BCUT2D eigenvalue weighted by Gasteiger charge is 2.15. The number of sulfonamides is 1. The molecule has 3 aromatic rings. The first-order valence-corrected chi connectivity index (χ1v) is 12.4. The summed E-state index contributed by atoms with van der Waals surface area (Å²) < 4.78 is 23.8. The smallest absolute Gasteiger partial charge is 0.238 e. The molecule has 1 unspecified atom stereocenters. The maximum absolute atomic E-state index is 11.9. The molecule has 0 saturated carbocycles. The number of primary sulfonamides is 1. The molecule has 0 aliphatic heterocycles. The summed E-state index contributed by atoms with van der Waals surface area (Å²) in [6, 6.07) is 23.3. The van der Waals surface area contributed by atoms with Crippen LogP contribution in [-0.2, 0) is 22.9 Å². The van der Waals surface area contributed by atoms with Gasteiger partial charge in [0.1, 0.15) is 5.84 Å². The molecule has 5 N–H and O–H groups in total. The number of hydrogen-bond acceptors (Lipinski definition) is 3. The molecule has 168 valence electrons. The summed E-state index contributed by atoms with van der Waals surface area (Å²) in [4.78, 5) is 0.133. The van der Waals surface area contributed by atoms with Gasteiger partial charge in [-0.3, -0.25) is 5.41 Å². The molecule has 6 heteroatoms. The monoisotopic (exact) mass is 457 g/mol. The van der Waals surface area contributed by atoms with Crippen LogP contribution in [0.5, 0.6) is 0 Å². The minimum atomic E-state index is -3.79. The summed E-state index contributed by atoms with van der Waals surface area (Å²) >= 11 is 0. The van der Waals surface area contributed by atoms with Gasteiger partial charge in [0, 0.05) is 17.1 Å². The van der Waals surface area contributed by atoms with Crippen LogP contribution in [0, 0.1) is 5.41 Å². The molecule has 1 aliphatic rings. The summed E-state index contributed by atoms with van der Waals surface area (Å²) in [5.74, 6) is 0.328. The Kier molecular flexibility index (Phi) is 6.58. The van der Waals surface area contributed by atoms with Crippen LogP contribution in [0.2, 0.25) is 0 Å². The second kappa shape index (κ2) is 9.57. The average Bonchev–Trinajstić information content (AvgIpc) is 2.83. The molecule has 0 radical (unpaired) electrons. The summed E-state index contributed by atoms with van der Waals surface area (Å²) in [6.07, 6.45) is 8.73. The van der Waals surface area contributed by atoms with Crippen LogP contribution in [0.1, 0.15) is 29.0 Å². The fourth-order valence-electron chi connectivity index (χ4n) is 4.17. The number of benzene rings is 3. The van der Waals surface area contributed by atoms with E-state index in [1.807, 2.05) is 36.4 Å². The van der Waals surface area contributed by atoms with E-state index in [-0.39, 0.29) is 16.6 Å². The normalized spacial score (nSPS) is 15.8. The Balaban J connectivity index is 1.47. The third-order valence-electron chi connectivity index (χ3n) is 5.92. The zero-order valence-corrected chi connectivity index (χ0v) is 19.1. The number of hydrogen-bond donors (Lipinski definition) is 3. The Morgan fingerprint density at radius 2 is 1.67 bits per heavy atom. The fraction of sp³-hybridized carbons (Fsp3) is 0.148. The van der Waals surface area contributed by atoms with Gasteiger partial charge in [-0.2, -0.15) is 0 Å². The van der Waals surface area contributed by atoms with Gasteiger partial charge in [0.15, 0.2) is 0 Å². The van der Waals surface area contributed by atoms with Gasteiger partial charge in [-0.25, -0.2) is 13.6 Å². The maximum Gasteiger partial charge on any atom is 0.238 e. The van der Waals surface area contributed by atoms with Gasteiger partial charge in [-0.15, -0.1) is 0 Å². The molecule has 33 heavy (non-hydrogen) atoms. The van der Waals surface area contributed by atoms with E-state index in [4.69, 9.17) is 16.3 Å². The van der Waals surface area contributed by atoms with E-state index < -0.39 is 10.0 Å². The van der Waals surface area contributed by atoms with Crippen molar-refractivity contribution in [2.45, 2.75) is 30.1 Å². The van der Waals surface area contributed by atoms with Crippen molar-refractivity contribution in [3.63, 3.8) is 0 Å². The molecule has 5 nitrogen and oxygen atoms in total. The predicted molar refractivity (Wildman–Crippen MR) is 134 cm³/mol. The number of nitrogens with one attached hydrogen (secondary N) is 1. The van der Waals surface area contributed by atoms with Crippen molar-refractivity contribution in [2.24, 2.45) is 10.9 Å². The third kappa shape index (κ3) is 5.48. The third-order valence-corrected chi connectivity index (χ3v) is 6.89. The highest BCUT2D eigenvalue weighted by Crippen LogP contribution is 2.29. The van der Waals surface area contributed by atoms with Crippen molar-refractivity contribution in [1.29, 1.82) is 5.41 Å². The first kappa shape index (κ1) is 22.7. The zero-order chi connectivity index (χ0) is 23.4. The van der Waals surface area contributed by atoms with Crippen molar-refractivity contribution in [2.75, 3.05) is 0 Å². The highest BCUT2D eigenvalue weighted by molar-refractivity contribution is 7.89. The van der Waals surface area contributed by atoms with Crippen LogP contribution in [0.4, 0.5) is 0 Å². The molecule has 0 aromatic heterocycles. The van der Waals surface area contributed by atoms with Gasteiger partial charge >= 0.3 is 0 Å². The molecular weight excluding hydrogens is 430 g/mol. The lowest BCUT2D eigenvalue weighted by Gasteiger charge is -2.17. The Bertz CT molecular complexity index is 1340. The Labute approximate surface area is 195 Å². The van der Waals surface area contributed by atoms with Crippen LogP contribution < -0.4 is 10.9 Å². The highest BCUT2D eigenvalue weighted by atomic mass is 32.2. The van der Waals surface area contributed by atoms with E-state index in [0.717, 1.165) is 30.4 Å². The number of allylic oxidation sites excluding steroid dienone is 2. The molecule has 3 aromatic carbocycles. The second-order valence-corrected chi connectivity index (χ2v) is 9.79. The minimum Gasteiger partial charge on any atom is -0.384 e. The second-order valence-electron chi connectivity index (χ2n) is 8.26. The van der Waals surface area contributed by atoms with Gasteiger partial charge in [-0.05, 0) is 47.6 Å². The fourth-order valence-corrected chi connectivity index (χ4v) is 4.93. The van der Waals surface area contributed by atoms with Gasteiger partial charge in [0.25, 0.3) is 0 Å². The van der Waals surface area contributed by atoms with E-state index >= 15 is 0 Å². The zero-order valence-electron chi connectivity index (χ0n) is 18.2. The first-order valence-electron chi connectivity index (χ1n) is 10.8. The van der Waals surface area contributed by atoms with Crippen molar-refractivity contribution in [3.8, 4) is 11.1 Å². The lowest BCUT2D eigenvalue weighted by atomic mass is 9.88. The summed E-state index contributed by atoms with van der Waals surface area (Å²) in [6.45, 7) is 0. The topological polar surface area (TPSA) is 110 Å². The van der Waals surface area contributed by atoms with E-state index in [1.165, 1.54) is 22.8 Å². The molecule has 0 amide bonds. The number of aryl methyl sites for hydroxylation is 2. The van der Waals surface area contributed by atoms with Crippen LogP contribution in [-0.4, -0.2) is 14.3 Å². The van der Waals surface area contributed by atoms with Crippen molar-refractivity contribution >= 4 is 15.9 Å². The lowest BCUT2D eigenvalue weighted by molar-refractivity contribution is 0.598. The van der Waals surface area contributed by atoms with Gasteiger partial charge in [0.05, 0.1) is 4.90 Å². The van der Waals surface area contributed by atoms with E-state index in [9.17, 15) is 8.42 Å². The lowest BCUT2D eigenvalue weighted by Crippen LogP contribution is -2.14. The van der Waals surface area contributed by atoms with Crippen LogP contribution in [0.3, 0.4) is 0 Å². The Morgan fingerprint density at radius 3 is 2.39 bits per heavy atom. The number of amidine groups is 1. The van der Waals surface area contributed by atoms with Gasteiger partial charge in [-0.1, -0.05) is 85.0 Å². The maximum atomic E-state index is 11.9. The summed E-state index contributed by atoms with van der Waals surface area (Å²) in [7, 11) is -3.79. The van der Waals surface area contributed by atoms with E-state index in [1.54, 1.807) is 12.1 Å². The largest absolute Gasteiger partial charge is 0.384 e. The minimum absolute atomic E-state index is 0.0993. The number of rotatable bonds is 7. The van der Waals surface area contributed by atoms with Gasteiger partial charge < -0.3 is 5.73 Å². The molecule has 0 spiro atoms. The quantitative estimate of drug-likeness (QED) is 0.353. The van der Waals surface area contributed by atoms with Crippen molar-refractivity contribution < 1.29 is 8.42 Å². The molecular formula is C27H27N3O2S. The predicted octanol–water partition coefficient (Wildman–Crippen LogP) is 4.69. The van der Waals surface area contributed by atoms with Crippen molar-refractivity contribution in [3.05, 3.63) is 113 Å². The molecule has 0 bridgehead atoms. The van der Waals surface area contributed by atoms with Gasteiger partial charge in [0.2, 0.25) is 10.0 Å². The average molecular weight is 458 g/mol. The molecule has 0 heterocycles.